The summed E-state index contributed by atoms with van der Waals surface area (Å²) in [4.78, 5) is 12.0. The topological polar surface area (TPSA) is 53.2 Å². The molecule has 0 saturated heterocycles. The van der Waals surface area contributed by atoms with E-state index in [4.69, 9.17) is 12.2 Å². The van der Waals surface area contributed by atoms with E-state index in [0.29, 0.717) is 5.11 Å². The molecule has 3 N–H and O–H groups in total. The van der Waals surface area contributed by atoms with Gasteiger partial charge >= 0.3 is 0 Å². The minimum absolute atomic E-state index is 0.114. The van der Waals surface area contributed by atoms with Crippen molar-refractivity contribution in [3.63, 3.8) is 0 Å². The van der Waals surface area contributed by atoms with Gasteiger partial charge in [0.1, 0.15) is 0 Å². The quantitative estimate of drug-likeness (QED) is 0.407. The Morgan fingerprint density at radius 3 is 2.22 bits per heavy atom. The van der Waals surface area contributed by atoms with Crippen LogP contribution in [0.4, 0.5) is 5.69 Å². The van der Waals surface area contributed by atoms with Gasteiger partial charge in [-0.1, -0.05) is 63.2 Å². The molecule has 4 nitrogen and oxygen atoms in total. The van der Waals surface area contributed by atoms with Crippen molar-refractivity contribution >= 4 is 35.0 Å². The number of anilines is 1. The molecule has 0 bridgehead atoms. The highest BCUT2D eigenvalue weighted by Crippen LogP contribution is 2.23. The Bertz CT molecular complexity index is 793. The third-order valence-corrected chi connectivity index (χ3v) is 4.16. The molecule has 1 atom stereocenters. The maximum absolute atomic E-state index is 12.0. The zero-order chi connectivity index (χ0) is 19.9. The second kappa shape index (κ2) is 9.33. The van der Waals surface area contributed by atoms with E-state index >= 15 is 0 Å². The van der Waals surface area contributed by atoms with Crippen molar-refractivity contribution in [1.82, 2.24) is 10.6 Å². The van der Waals surface area contributed by atoms with Gasteiger partial charge in [-0.15, -0.1) is 0 Å². The molecule has 0 aliphatic rings. The van der Waals surface area contributed by atoms with Gasteiger partial charge in [0.2, 0.25) is 5.91 Å². The highest BCUT2D eigenvalue weighted by Gasteiger charge is 2.13. The highest BCUT2D eigenvalue weighted by molar-refractivity contribution is 7.80. The molecule has 2 aromatic rings. The molecule has 0 aliphatic carbocycles. The number of rotatable bonds is 5. The Hall–Kier alpha value is -2.66. The van der Waals surface area contributed by atoms with Gasteiger partial charge in [-0.25, -0.2) is 0 Å². The van der Waals surface area contributed by atoms with Crippen molar-refractivity contribution in [3.05, 3.63) is 71.8 Å². The Morgan fingerprint density at radius 1 is 1.00 bits per heavy atom. The van der Waals surface area contributed by atoms with Crippen molar-refractivity contribution in [1.29, 1.82) is 0 Å². The summed E-state index contributed by atoms with van der Waals surface area (Å²) in [6.45, 7) is 8.37. The molecule has 0 spiro atoms. The molecule has 1 amide bonds. The fourth-order valence-electron chi connectivity index (χ4n) is 2.45. The lowest BCUT2D eigenvalue weighted by Gasteiger charge is -2.20. The molecule has 0 aromatic heterocycles. The number of nitrogens with one attached hydrogen (secondary N) is 3. The van der Waals surface area contributed by atoms with Gasteiger partial charge in [0.05, 0.1) is 6.17 Å². The highest BCUT2D eigenvalue weighted by atomic mass is 32.1. The van der Waals surface area contributed by atoms with E-state index in [0.717, 1.165) is 11.3 Å². The first-order chi connectivity index (χ1) is 12.7. The van der Waals surface area contributed by atoms with Gasteiger partial charge in [0, 0.05) is 11.8 Å². The molecule has 0 heterocycles. The monoisotopic (exact) mass is 381 g/mol. The van der Waals surface area contributed by atoms with E-state index in [1.165, 1.54) is 11.6 Å². The average Bonchev–Trinajstić information content (AvgIpc) is 2.60. The summed E-state index contributed by atoms with van der Waals surface area (Å²) in [5, 5.41) is 9.48. The number of carbonyl (C=O) groups is 1. The molecule has 2 rings (SSSR count). The third kappa shape index (κ3) is 7.23. The minimum Gasteiger partial charge on any atom is -0.343 e. The van der Waals surface area contributed by atoms with E-state index in [1.54, 1.807) is 6.08 Å². The molecular formula is C22H27N3OS. The summed E-state index contributed by atoms with van der Waals surface area (Å²) in [7, 11) is 0. The Labute approximate surface area is 167 Å². The summed E-state index contributed by atoms with van der Waals surface area (Å²) in [5.74, 6) is -0.184. The van der Waals surface area contributed by atoms with Gasteiger partial charge < -0.3 is 16.0 Å². The summed E-state index contributed by atoms with van der Waals surface area (Å²) in [6, 6.07) is 17.9. The van der Waals surface area contributed by atoms with Crippen LogP contribution in [0.15, 0.2) is 60.7 Å². The van der Waals surface area contributed by atoms with Crippen molar-refractivity contribution in [2.45, 2.75) is 39.3 Å². The van der Waals surface area contributed by atoms with Gasteiger partial charge in [0.15, 0.2) is 5.11 Å². The number of thiocarbonyl (C=S) groups is 1. The Balaban J connectivity index is 1.81. The maximum Gasteiger partial charge on any atom is 0.245 e. The fraction of sp³-hybridized carbons (Fsp3) is 0.273. The van der Waals surface area contributed by atoms with Crippen molar-refractivity contribution in [2.75, 3.05) is 5.32 Å². The number of amides is 1. The van der Waals surface area contributed by atoms with Gasteiger partial charge in [-0.2, -0.15) is 0 Å². The predicted molar refractivity (Wildman–Crippen MR) is 118 cm³/mol. The molecule has 0 radical (unpaired) electrons. The zero-order valence-electron chi connectivity index (χ0n) is 16.2. The number of benzene rings is 2. The lowest BCUT2D eigenvalue weighted by molar-refractivity contribution is -0.117. The summed E-state index contributed by atoms with van der Waals surface area (Å²) in [6.07, 6.45) is 2.98. The number of hydrogen-bond donors (Lipinski definition) is 3. The molecule has 27 heavy (non-hydrogen) atoms. The molecule has 0 aliphatic heterocycles. The Morgan fingerprint density at radius 2 is 1.63 bits per heavy atom. The first-order valence-electron chi connectivity index (χ1n) is 8.96. The first-order valence-corrected chi connectivity index (χ1v) is 9.36. The predicted octanol–water partition coefficient (Wildman–Crippen LogP) is 4.45. The smallest absolute Gasteiger partial charge is 0.245 e. The van der Waals surface area contributed by atoms with Crippen molar-refractivity contribution in [2.24, 2.45) is 0 Å². The van der Waals surface area contributed by atoms with Crippen LogP contribution in [0.3, 0.4) is 0 Å². The number of carbonyl (C=O) groups excluding carboxylic acids is 1. The average molecular weight is 382 g/mol. The standard InChI is InChI=1S/C22H27N3OS/c1-16(23-20(26)15-10-17-8-6-5-7-9-17)24-21(27)25-19-13-11-18(12-14-19)22(2,3)4/h5-16H,1-4H3,(H,23,26)(H2,24,25,27)/b15-10+. The summed E-state index contributed by atoms with van der Waals surface area (Å²) < 4.78 is 0. The normalized spacial score (nSPS) is 12.4. The SMILES string of the molecule is CC(NC(=O)/C=C/c1ccccc1)NC(=S)Nc1ccc(C(C)(C)C)cc1. The van der Waals surface area contributed by atoms with E-state index < -0.39 is 0 Å². The van der Waals surface area contributed by atoms with Crippen LogP contribution in [0.1, 0.15) is 38.8 Å². The first kappa shape index (κ1) is 20.6. The molecule has 0 fully saturated rings. The lowest BCUT2D eigenvalue weighted by atomic mass is 9.87. The zero-order valence-corrected chi connectivity index (χ0v) is 17.1. The maximum atomic E-state index is 12.0. The van der Waals surface area contributed by atoms with Crippen LogP contribution in [0.5, 0.6) is 0 Å². The second-order valence-electron chi connectivity index (χ2n) is 7.40. The fourth-order valence-corrected chi connectivity index (χ4v) is 2.75. The van der Waals surface area contributed by atoms with Crippen LogP contribution in [-0.2, 0) is 10.2 Å². The largest absolute Gasteiger partial charge is 0.343 e. The van der Waals surface area contributed by atoms with Gasteiger partial charge in [-0.3, -0.25) is 4.79 Å². The van der Waals surface area contributed by atoms with Gasteiger partial charge in [-0.05, 0) is 53.9 Å². The van der Waals surface area contributed by atoms with E-state index in [-0.39, 0.29) is 17.5 Å². The van der Waals surface area contributed by atoms with Crippen molar-refractivity contribution < 1.29 is 4.79 Å². The molecule has 5 heteroatoms. The molecular weight excluding hydrogens is 354 g/mol. The van der Waals surface area contributed by atoms with Crippen LogP contribution in [0.2, 0.25) is 0 Å². The lowest BCUT2D eigenvalue weighted by Crippen LogP contribution is -2.46. The molecule has 142 valence electrons. The van der Waals surface area contributed by atoms with Crippen molar-refractivity contribution in [3.8, 4) is 0 Å². The van der Waals surface area contributed by atoms with Crippen LogP contribution < -0.4 is 16.0 Å². The summed E-state index contributed by atoms with van der Waals surface area (Å²) in [5.41, 5.74) is 3.26. The molecule has 2 aromatic carbocycles. The van der Waals surface area contributed by atoms with Crippen LogP contribution in [0, 0.1) is 0 Å². The third-order valence-electron chi connectivity index (χ3n) is 3.94. The second-order valence-corrected chi connectivity index (χ2v) is 7.81. The minimum atomic E-state index is -0.299. The van der Waals surface area contributed by atoms with E-state index in [9.17, 15) is 4.79 Å². The molecule has 1 unspecified atom stereocenters. The molecule has 0 saturated carbocycles. The van der Waals surface area contributed by atoms with Crippen LogP contribution in [0.25, 0.3) is 6.08 Å². The van der Waals surface area contributed by atoms with Crippen LogP contribution in [-0.4, -0.2) is 17.2 Å². The summed E-state index contributed by atoms with van der Waals surface area (Å²) >= 11 is 5.32. The Kier molecular flexibility index (Phi) is 7.13. The number of hydrogen-bond acceptors (Lipinski definition) is 2. The van der Waals surface area contributed by atoms with E-state index in [2.05, 4.69) is 48.9 Å². The van der Waals surface area contributed by atoms with Gasteiger partial charge in [0.25, 0.3) is 0 Å². The van der Waals surface area contributed by atoms with E-state index in [1.807, 2.05) is 49.4 Å². The van der Waals surface area contributed by atoms with Crippen LogP contribution >= 0.6 is 12.2 Å².